The molecule has 4 heteroatoms. The Kier molecular flexibility index (Phi) is 5.93. The van der Waals surface area contributed by atoms with Crippen molar-refractivity contribution in [2.24, 2.45) is 0 Å². The van der Waals surface area contributed by atoms with Crippen molar-refractivity contribution in [2.75, 3.05) is 17.6 Å². The largest absolute Gasteiger partial charge is 0.370 e. The van der Waals surface area contributed by atoms with Crippen molar-refractivity contribution < 1.29 is 0 Å². The van der Waals surface area contributed by atoms with Gasteiger partial charge in [0.2, 0.25) is 0 Å². The fourth-order valence-corrected chi connectivity index (χ4v) is 2.42. The molecule has 1 aromatic heterocycles. The zero-order chi connectivity index (χ0) is 13.6. The molecule has 1 N–H and O–H groups in total. The van der Waals surface area contributed by atoms with Gasteiger partial charge < -0.3 is 5.32 Å². The van der Waals surface area contributed by atoms with Crippen LogP contribution in [0.25, 0.3) is 0 Å². The molecule has 18 heavy (non-hydrogen) atoms. The molecule has 0 radical (unpaired) electrons. The third-order valence-electron chi connectivity index (χ3n) is 2.48. The van der Waals surface area contributed by atoms with Gasteiger partial charge in [-0.2, -0.15) is 0 Å². The summed E-state index contributed by atoms with van der Waals surface area (Å²) >= 11 is 1.82. The second kappa shape index (κ2) is 6.98. The van der Waals surface area contributed by atoms with E-state index in [4.69, 9.17) is 0 Å². The topological polar surface area (TPSA) is 37.8 Å². The monoisotopic (exact) mass is 267 g/mol. The van der Waals surface area contributed by atoms with Gasteiger partial charge in [0.15, 0.2) is 0 Å². The molecule has 0 saturated heterocycles. The summed E-state index contributed by atoms with van der Waals surface area (Å²) in [6, 6.07) is 2.05. The molecule has 3 nitrogen and oxygen atoms in total. The predicted molar refractivity (Wildman–Crippen MR) is 80.5 cm³/mol. The molecule has 1 rings (SSSR count). The van der Waals surface area contributed by atoms with Crippen molar-refractivity contribution in [3.8, 4) is 0 Å². The highest BCUT2D eigenvalue weighted by molar-refractivity contribution is 7.99. The van der Waals surface area contributed by atoms with E-state index in [1.807, 2.05) is 11.8 Å². The van der Waals surface area contributed by atoms with Crippen LogP contribution in [0.15, 0.2) is 11.1 Å². The summed E-state index contributed by atoms with van der Waals surface area (Å²) in [5, 5.41) is 4.37. The van der Waals surface area contributed by atoms with Gasteiger partial charge in [0.25, 0.3) is 0 Å². The number of hydrogen-bond acceptors (Lipinski definition) is 4. The van der Waals surface area contributed by atoms with Gasteiger partial charge >= 0.3 is 0 Å². The molecule has 1 aromatic rings. The molecule has 0 unspecified atom stereocenters. The minimum atomic E-state index is -0.00843. The molecule has 0 bridgehead atoms. The van der Waals surface area contributed by atoms with Crippen LogP contribution in [-0.4, -0.2) is 22.3 Å². The molecular formula is C14H25N3S. The Hall–Kier alpha value is -0.770. The van der Waals surface area contributed by atoms with Crippen molar-refractivity contribution in [2.45, 2.75) is 57.9 Å². The Morgan fingerprint density at radius 2 is 1.94 bits per heavy atom. The molecule has 0 spiro atoms. The van der Waals surface area contributed by atoms with Crippen molar-refractivity contribution in [1.29, 1.82) is 0 Å². The number of aromatic nitrogens is 2. The fraction of sp³-hybridized carbons (Fsp3) is 0.714. The van der Waals surface area contributed by atoms with E-state index >= 15 is 0 Å². The number of unbranched alkanes of at least 4 members (excludes halogenated alkanes) is 1. The number of hydrogen-bond donors (Lipinski definition) is 1. The van der Waals surface area contributed by atoms with Crippen LogP contribution < -0.4 is 5.32 Å². The number of thioether (sulfide) groups is 1. The first-order valence-electron chi connectivity index (χ1n) is 6.73. The van der Waals surface area contributed by atoms with Crippen LogP contribution in [0.2, 0.25) is 0 Å². The van der Waals surface area contributed by atoms with Crippen LogP contribution in [0.3, 0.4) is 0 Å². The summed E-state index contributed by atoms with van der Waals surface area (Å²) in [7, 11) is 0. The van der Waals surface area contributed by atoms with Crippen LogP contribution in [-0.2, 0) is 5.41 Å². The maximum atomic E-state index is 4.67. The lowest BCUT2D eigenvalue weighted by Gasteiger charge is -2.18. The number of nitrogens with one attached hydrogen (secondary N) is 1. The first-order valence-corrected chi connectivity index (χ1v) is 7.72. The third-order valence-corrected chi connectivity index (χ3v) is 3.48. The van der Waals surface area contributed by atoms with Crippen LogP contribution in [0, 0.1) is 0 Å². The molecule has 1 heterocycles. The Balaban J connectivity index is 2.91. The van der Waals surface area contributed by atoms with Crippen LogP contribution in [0.4, 0.5) is 5.82 Å². The average molecular weight is 267 g/mol. The van der Waals surface area contributed by atoms with Gasteiger partial charge in [-0.1, -0.05) is 34.1 Å². The molecule has 0 saturated carbocycles. The van der Waals surface area contributed by atoms with Gasteiger partial charge in [0.1, 0.15) is 16.7 Å². The minimum Gasteiger partial charge on any atom is -0.370 e. The lowest BCUT2D eigenvalue weighted by atomic mass is 9.96. The van der Waals surface area contributed by atoms with E-state index in [1.165, 1.54) is 12.8 Å². The highest BCUT2D eigenvalue weighted by atomic mass is 32.2. The zero-order valence-electron chi connectivity index (χ0n) is 12.2. The maximum Gasteiger partial charge on any atom is 0.137 e. The van der Waals surface area contributed by atoms with Gasteiger partial charge in [0, 0.05) is 18.0 Å². The lowest BCUT2D eigenvalue weighted by molar-refractivity contribution is 0.539. The summed E-state index contributed by atoms with van der Waals surface area (Å²) in [6.07, 6.45) is 2.46. The molecular weight excluding hydrogens is 242 g/mol. The Morgan fingerprint density at radius 3 is 2.50 bits per heavy atom. The highest BCUT2D eigenvalue weighted by Gasteiger charge is 2.19. The summed E-state index contributed by atoms with van der Waals surface area (Å²) in [5.74, 6) is 2.99. The van der Waals surface area contributed by atoms with Crippen molar-refractivity contribution >= 4 is 17.6 Å². The van der Waals surface area contributed by atoms with E-state index < -0.39 is 0 Å². The van der Waals surface area contributed by atoms with E-state index in [1.54, 1.807) is 0 Å². The molecule has 0 amide bonds. The zero-order valence-corrected chi connectivity index (χ0v) is 13.0. The van der Waals surface area contributed by atoms with Crippen molar-refractivity contribution in [3.63, 3.8) is 0 Å². The van der Waals surface area contributed by atoms with Gasteiger partial charge in [-0.25, -0.2) is 9.97 Å². The Labute approximate surface area is 115 Å². The smallest absolute Gasteiger partial charge is 0.137 e. The number of anilines is 1. The van der Waals surface area contributed by atoms with Crippen LogP contribution in [0.1, 0.15) is 53.3 Å². The van der Waals surface area contributed by atoms with Crippen molar-refractivity contribution in [1.82, 2.24) is 9.97 Å². The lowest BCUT2D eigenvalue weighted by Crippen LogP contribution is -2.17. The molecule has 0 aliphatic rings. The normalized spacial score (nSPS) is 11.6. The maximum absolute atomic E-state index is 4.67. The second-order valence-electron chi connectivity index (χ2n) is 5.40. The molecule has 102 valence electrons. The van der Waals surface area contributed by atoms with Crippen LogP contribution in [0.5, 0.6) is 0 Å². The Bertz CT molecular complexity index is 372. The first-order chi connectivity index (χ1) is 8.47. The van der Waals surface area contributed by atoms with E-state index in [9.17, 15) is 0 Å². The third kappa shape index (κ3) is 4.84. The summed E-state index contributed by atoms with van der Waals surface area (Å²) in [5.41, 5.74) is -0.00843. The van der Waals surface area contributed by atoms with Crippen LogP contribution >= 0.6 is 11.8 Å². The van der Waals surface area contributed by atoms with E-state index in [0.29, 0.717) is 0 Å². The molecule has 0 aliphatic carbocycles. The summed E-state index contributed by atoms with van der Waals surface area (Å²) in [4.78, 5) is 9.26. The highest BCUT2D eigenvalue weighted by Crippen LogP contribution is 2.25. The number of nitrogens with zero attached hydrogens (tertiary/aromatic N) is 2. The van der Waals surface area contributed by atoms with E-state index in [-0.39, 0.29) is 5.41 Å². The fourth-order valence-electron chi connectivity index (χ4n) is 1.43. The standard InChI is InChI=1S/C14H25N3S/c1-6-8-9-18-12-10-11(15-7-2)16-13(17-12)14(3,4)5/h10H,6-9H2,1-5H3,(H,15,16,17). The van der Waals surface area contributed by atoms with E-state index in [2.05, 4.69) is 56.0 Å². The second-order valence-corrected chi connectivity index (χ2v) is 6.51. The molecule has 0 fully saturated rings. The summed E-state index contributed by atoms with van der Waals surface area (Å²) < 4.78 is 0. The van der Waals surface area contributed by atoms with Gasteiger partial charge in [0.05, 0.1) is 0 Å². The van der Waals surface area contributed by atoms with Crippen molar-refractivity contribution in [3.05, 3.63) is 11.9 Å². The van der Waals surface area contributed by atoms with Gasteiger partial charge in [-0.15, -0.1) is 11.8 Å². The SMILES string of the molecule is CCCCSc1cc(NCC)nc(C(C)(C)C)n1. The molecule has 0 aromatic carbocycles. The average Bonchev–Trinajstić information content (AvgIpc) is 2.28. The Morgan fingerprint density at radius 1 is 1.22 bits per heavy atom. The van der Waals surface area contributed by atoms with Gasteiger partial charge in [-0.3, -0.25) is 0 Å². The molecule has 0 aliphatic heterocycles. The predicted octanol–water partition coefficient (Wildman–Crippen LogP) is 4.10. The van der Waals surface area contributed by atoms with E-state index in [0.717, 1.165) is 29.0 Å². The first kappa shape index (κ1) is 15.3. The quantitative estimate of drug-likeness (QED) is 0.478. The minimum absolute atomic E-state index is 0.00843. The number of rotatable bonds is 6. The van der Waals surface area contributed by atoms with Gasteiger partial charge in [-0.05, 0) is 19.1 Å². The molecule has 0 atom stereocenters. The summed E-state index contributed by atoms with van der Waals surface area (Å²) in [6.45, 7) is 11.6.